The van der Waals surface area contributed by atoms with Crippen LogP contribution in [-0.2, 0) is 0 Å². The van der Waals surface area contributed by atoms with Gasteiger partial charge in [0.25, 0.3) is 5.91 Å². The summed E-state index contributed by atoms with van der Waals surface area (Å²) in [6.45, 7) is 0. The number of pyridine rings is 1. The van der Waals surface area contributed by atoms with Crippen molar-refractivity contribution in [3.8, 4) is 10.6 Å². The van der Waals surface area contributed by atoms with Crippen molar-refractivity contribution in [2.45, 2.75) is 18.8 Å². The number of anilines is 1. The summed E-state index contributed by atoms with van der Waals surface area (Å²) in [6.07, 6.45) is 5.67. The molecule has 3 aromatic heterocycles. The highest BCUT2D eigenvalue weighted by Gasteiger charge is 2.30. The van der Waals surface area contributed by atoms with Crippen LogP contribution in [0.1, 0.15) is 34.1 Å². The lowest BCUT2D eigenvalue weighted by Gasteiger charge is -2.00. The van der Waals surface area contributed by atoms with Crippen molar-refractivity contribution >= 4 is 33.7 Å². The molecule has 1 amide bonds. The Morgan fingerprint density at radius 1 is 1.32 bits per heavy atom. The van der Waals surface area contributed by atoms with Gasteiger partial charge in [-0.3, -0.25) is 15.1 Å². The normalized spacial score (nSPS) is 14.0. The fraction of sp³-hybridized carbons (Fsp3) is 0.214. The number of rotatable bonds is 4. The molecule has 1 aliphatic carbocycles. The monoisotopic (exact) mass is 329 g/mol. The second-order valence-corrected chi connectivity index (χ2v) is 6.78. The maximum atomic E-state index is 12.4. The maximum Gasteiger partial charge on any atom is 0.269 e. The van der Waals surface area contributed by atoms with E-state index >= 15 is 0 Å². The first-order valence-corrected chi connectivity index (χ1v) is 8.49. The second-order valence-electron chi connectivity index (χ2n) is 4.95. The fourth-order valence-corrected chi connectivity index (χ4v) is 3.60. The zero-order chi connectivity index (χ0) is 14.9. The quantitative estimate of drug-likeness (QED) is 0.795. The van der Waals surface area contributed by atoms with E-state index in [1.807, 2.05) is 12.1 Å². The Bertz CT molecular complexity index is 810. The number of hydrogen-bond acceptors (Lipinski definition) is 7. The maximum absolute atomic E-state index is 12.4. The third kappa shape index (κ3) is 2.62. The van der Waals surface area contributed by atoms with E-state index in [-0.39, 0.29) is 5.91 Å². The topological polar surface area (TPSA) is 80.7 Å². The number of carbonyl (C=O) groups is 1. The predicted octanol–water partition coefficient (Wildman–Crippen LogP) is 3.19. The summed E-state index contributed by atoms with van der Waals surface area (Å²) in [4.78, 5) is 21.4. The van der Waals surface area contributed by atoms with Crippen molar-refractivity contribution in [2.75, 3.05) is 5.32 Å². The lowest BCUT2D eigenvalue weighted by molar-refractivity contribution is 0.102. The molecule has 6 nitrogen and oxygen atoms in total. The summed E-state index contributed by atoms with van der Waals surface area (Å²) in [7, 11) is 0. The van der Waals surface area contributed by atoms with Crippen molar-refractivity contribution in [1.82, 2.24) is 20.2 Å². The minimum absolute atomic E-state index is 0.154. The molecule has 1 fully saturated rings. The Morgan fingerprint density at radius 2 is 2.23 bits per heavy atom. The minimum atomic E-state index is -0.154. The van der Waals surface area contributed by atoms with Crippen LogP contribution in [0, 0.1) is 0 Å². The van der Waals surface area contributed by atoms with Gasteiger partial charge < -0.3 is 0 Å². The summed E-state index contributed by atoms with van der Waals surface area (Å²) in [5.74, 6) is 0.297. The molecule has 3 aromatic rings. The largest absolute Gasteiger partial charge is 0.296 e. The Balaban J connectivity index is 1.53. The van der Waals surface area contributed by atoms with E-state index in [0.717, 1.165) is 29.1 Å². The molecule has 1 aliphatic rings. The standard InChI is InChI=1S/C14H11N5OS2/c20-12(11-10(8-3-4-8)16-7-21-11)17-14-19-18-13(22-14)9-2-1-5-15-6-9/h1-2,5-8H,3-4H2,(H,17,19,20). The second kappa shape index (κ2) is 5.54. The molecule has 3 heterocycles. The molecule has 22 heavy (non-hydrogen) atoms. The van der Waals surface area contributed by atoms with Crippen molar-refractivity contribution in [2.24, 2.45) is 0 Å². The first kappa shape index (κ1) is 13.5. The summed E-state index contributed by atoms with van der Waals surface area (Å²) in [5.41, 5.74) is 3.53. The van der Waals surface area contributed by atoms with Gasteiger partial charge in [0.15, 0.2) is 5.01 Å². The van der Waals surface area contributed by atoms with Gasteiger partial charge in [-0.2, -0.15) is 0 Å². The van der Waals surface area contributed by atoms with Gasteiger partial charge in [-0.25, -0.2) is 4.98 Å². The van der Waals surface area contributed by atoms with Crippen molar-refractivity contribution < 1.29 is 4.79 Å². The Morgan fingerprint density at radius 3 is 3.00 bits per heavy atom. The lowest BCUT2D eigenvalue weighted by atomic mass is 10.2. The molecule has 0 spiro atoms. The molecule has 0 aliphatic heterocycles. The fourth-order valence-electron chi connectivity index (χ4n) is 2.11. The number of hydrogen-bond donors (Lipinski definition) is 1. The molecule has 4 rings (SSSR count). The summed E-state index contributed by atoms with van der Waals surface area (Å²) in [6, 6.07) is 3.75. The van der Waals surface area contributed by atoms with E-state index < -0.39 is 0 Å². The van der Waals surface area contributed by atoms with Crippen LogP contribution in [0.5, 0.6) is 0 Å². The summed E-state index contributed by atoms with van der Waals surface area (Å²) >= 11 is 2.70. The highest BCUT2D eigenvalue weighted by atomic mass is 32.1. The SMILES string of the molecule is O=C(Nc1nnc(-c2cccnc2)s1)c1scnc1C1CC1. The molecule has 0 bridgehead atoms. The Labute approximate surface area is 134 Å². The van der Waals surface area contributed by atoms with E-state index in [1.165, 1.54) is 22.7 Å². The molecular formula is C14H11N5OS2. The zero-order valence-electron chi connectivity index (χ0n) is 11.4. The van der Waals surface area contributed by atoms with Crippen molar-refractivity contribution in [1.29, 1.82) is 0 Å². The minimum Gasteiger partial charge on any atom is -0.296 e. The third-order valence-corrected chi connectivity index (χ3v) is 5.05. The predicted molar refractivity (Wildman–Crippen MR) is 85.2 cm³/mol. The van der Waals surface area contributed by atoms with Crippen LogP contribution in [0.25, 0.3) is 10.6 Å². The number of nitrogens with zero attached hydrogens (tertiary/aromatic N) is 4. The van der Waals surface area contributed by atoms with Crippen LogP contribution >= 0.6 is 22.7 Å². The Kier molecular flexibility index (Phi) is 3.39. The average Bonchev–Trinajstić information content (AvgIpc) is 3.09. The molecule has 0 unspecified atom stereocenters. The number of carbonyl (C=O) groups excluding carboxylic acids is 1. The number of aromatic nitrogens is 4. The highest BCUT2D eigenvalue weighted by Crippen LogP contribution is 2.42. The molecule has 0 atom stereocenters. The third-order valence-electron chi connectivity index (χ3n) is 3.32. The Hall–Kier alpha value is -2.19. The van der Waals surface area contributed by atoms with Crippen molar-refractivity contribution in [3.63, 3.8) is 0 Å². The van der Waals surface area contributed by atoms with Crippen molar-refractivity contribution in [3.05, 3.63) is 40.6 Å². The lowest BCUT2D eigenvalue weighted by Crippen LogP contribution is -2.12. The summed E-state index contributed by atoms with van der Waals surface area (Å²) < 4.78 is 0. The molecule has 110 valence electrons. The average molecular weight is 329 g/mol. The van der Waals surface area contributed by atoms with Gasteiger partial charge >= 0.3 is 0 Å². The molecule has 8 heteroatoms. The summed E-state index contributed by atoms with van der Waals surface area (Å²) in [5, 5.41) is 12.1. The van der Waals surface area contributed by atoms with E-state index in [1.54, 1.807) is 17.9 Å². The number of thiazole rings is 1. The van der Waals surface area contributed by atoms with Gasteiger partial charge in [0.2, 0.25) is 5.13 Å². The molecule has 1 saturated carbocycles. The van der Waals surface area contributed by atoms with Crippen LogP contribution in [0.3, 0.4) is 0 Å². The van der Waals surface area contributed by atoms with E-state index in [9.17, 15) is 4.79 Å². The molecule has 0 aromatic carbocycles. The van der Waals surface area contributed by atoms with Crippen LogP contribution in [0.2, 0.25) is 0 Å². The molecule has 1 N–H and O–H groups in total. The van der Waals surface area contributed by atoms with Gasteiger partial charge in [0.05, 0.1) is 11.2 Å². The first-order valence-electron chi connectivity index (χ1n) is 6.80. The first-order chi connectivity index (χ1) is 10.8. The molecule has 0 radical (unpaired) electrons. The van der Waals surface area contributed by atoms with Gasteiger partial charge in [-0.1, -0.05) is 11.3 Å². The zero-order valence-corrected chi connectivity index (χ0v) is 13.0. The van der Waals surface area contributed by atoms with Crippen LogP contribution in [0.4, 0.5) is 5.13 Å². The van der Waals surface area contributed by atoms with Crippen LogP contribution in [-0.4, -0.2) is 26.1 Å². The van der Waals surface area contributed by atoms with E-state index in [0.29, 0.717) is 15.9 Å². The smallest absolute Gasteiger partial charge is 0.269 e. The molecule has 0 saturated heterocycles. The van der Waals surface area contributed by atoms with Gasteiger partial charge in [0.1, 0.15) is 4.88 Å². The van der Waals surface area contributed by atoms with Gasteiger partial charge in [-0.05, 0) is 25.0 Å². The number of nitrogens with one attached hydrogen (secondary N) is 1. The van der Waals surface area contributed by atoms with E-state index in [2.05, 4.69) is 25.5 Å². The number of amides is 1. The van der Waals surface area contributed by atoms with Gasteiger partial charge in [-0.15, -0.1) is 21.5 Å². The molecular weight excluding hydrogens is 318 g/mol. The van der Waals surface area contributed by atoms with E-state index in [4.69, 9.17) is 0 Å². The highest BCUT2D eigenvalue weighted by molar-refractivity contribution is 7.18. The van der Waals surface area contributed by atoms with Crippen LogP contribution in [0.15, 0.2) is 30.0 Å². The van der Waals surface area contributed by atoms with Gasteiger partial charge in [0, 0.05) is 23.9 Å². The van der Waals surface area contributed by atoms with Crippen LogP contribution < -0.4 is 5.32 Å².